The van der Waals surface area contributed by atoms with Crippen LogP contribution in [0.25, 0.3) is 0 Å². The van der Waals surface area contributed by atoms with Crippen LogP contribution in [0.4, 0.5) is 0 Å². The van der Waals surface area contributed by atoms with Gasteiger partial charge in [-0.1, -0.05) is 6.42 Å². The summed E-state index contributed by atoms with van der Waals surface area (Å²) in [6.45, 7) is 8.08. The summed E-state index contributed by atoms with van der Waals surface area (Å²) in [5.41, 5.74) is 6.14. The van der Waals surface area contributed by atoms with Crippen molar-refractivity contribution in [1.82, 2.24) is 19.6 Å². The van der Waals surface area contributed by atoms with Crippen molar-refractivity contribution in [3.8, 4) is 11.5 Å². The van der Waals surface area contributed by atoms with Crippen LogP contribution in [0.2, 0.25) is 0 Å². The van der Waals surface area contributed by atoms with E-state index >= 15 is 0 Å². The summed E-state index contributed by atoms with van der Waals surface area (Å²) in [5.74, 6) is 2.03. The average molecular weight is 469 g/mol. The Morgan fingerprint density at radius 1 is 0.941 bits per heavy atom. The molecule has 0 saturated carbocycles. The first-order chi connectivity index (χ1) is 16.4. The Labute approximate surface area is 204 Å². The third-order valence-electron chi connectivity index (χ3n) is 7.33. The molecule has 7 heteroatoms. The Morgan fingerprint density at radius 3 is 2.32 bits per heavy atom. The number of aromatic nitrogens is 2. The van der Waals surface area contributed by atoms with Crippen LogP contribution in [0.5, 0.6) is 11.5 Å². The second-order valence-electron chi connectivity index (χ2n) is 9.88. The van der Waals surface area contributed by atoms with Gasteiger partial charge in [0, 0.05) is 38.8 Å². The molecule has 1 aromatic carbocycles. The zero-order chi connectivity index (χ0) is 24.1. The van der Waals surface area contributed by atoms with Gasteiger partial charge in [-0.15, -0.1) is 0 Å². The fourth-order valence-corrected chi connectivity index (χ4v) is 5.19. The molecule has 1 aromatic heterocycles. The molecule has 1 amide bonds. The van der Waals surface area contributed by atoms with Gasteiger partial charge in [0.15, 0.2) is 11.5 Å². The lowest BCUT2D eigenvalue weighted by Crippen LogP contribution is -2.33. The number of aryl methyl sites for hydroxylation is 3. The van der Waals surface area contributed by atoms with Crippen LogP contribution in [-0.4, -0.2) is 59.0 Å². The third-order valence-corrected chi connectivity index (χ3v) is 7.33. The smallest absolute Gasteiger partial charge is 0.231 e. The molecule has 2 aromatic rings. The molecule has 3 heterocycles. The van der Waals surface area contributed by atoms with Gasteiger partial charge in [-0.25, -0.2) is 0 Å². The van der Waals surface area contributed by atoms with E-state index in [1.807, 2.05) is 18.7 Å². The van der Waals surface area contributed by atoms with E-state index in [2.05, 4.69) is 41.0 Å². The van der Waals surface area contributed by atoms with Crippen LogP contribution < -0.4 is 9.47 Å². The monoisotopic (exact) mass is 468 g/mol. The van der Waals surface area contributed by atoms with Crippen molar-refractivity contribution in [2.45, 2.75) is 71.8 Å². The van der Waals surface area contributed by atoms with Gasteiger partial charge in [0.25, 0.3) is 0 Å². The number of nitrogens with zero attached hydrogens (tertiary/aromatic N) is 4. The van der Waals surface area contributed by atoms with E-state index in [9.17, 15) is 4.79 Å². The summed E-state index contributed by atoms with van der Waals surface area (Å²) in [5, 5.41) is 4.50. The topological polar surface area (TPSA) is 59.8 Å². The maximum absolute atomic E-state index is 13.1. The number of carbonyl (C=O) groups excluding carboxylic acids is 1. The molecule has 0 saturated heterocycles. The minimum absolute atomic E-state index is 0.279. The molecular formula is C27H40N4O3. The molecule has 0 aliphatic carbocycles. The average Bonchev–Trinajstić information content (AvgIpc) is 3.35. The molecule has 2 aliphatic heterocycles. The van der Waals surface area contributed by atoms with Gasteiger partial charge in [0.2, 0.25) is 12.7 Å². The molecule has 186 valence electrons. The van der Waals surface area contributed by atoms with E-state index in [0.717, 1.165) is 94.0 Å². The summed E-state index contributed by atoms with van der Waals surface area (Å²) >= 11 is 0. The molecule has 34 heavy (non-hydrogen) atoms. The van der Waals surface area contributed by atoms with E-state index in [0.29, 0.717) is 13.2 Å². The lowest BCUT2D eigenvalue weighted by molar-refractivity contribution is -0.131. The largest absolute Gasteiger partial charge is 0.454 e. The molecule has 0 unspecified atom stereocenters. The molecular weight excluding hydrogens is 428 g/mol. The second kappa shape index (κ2) is 11.3. The van der Waals surface area contributed by atoms with E-state index in [4.69, 9.17) is 9.47 Å². The summed E-state index contributed by atoms with van der Waals surface area (Å²) in [4.78, 5) is 17.6. The molecule has 0 spiro atoms. The lowest BCUT2D eigenvalue weighted by atomic mass is 9.99. The van der Waals surface area contributed by atoms with E-state index in [1.165, 1.54) is 16.7 Å². The minimum atomic E-state index is 0.279. The maximum Gasteiger partial charge on any atom is 0.231 e. The highest BCUT2D eigenvalue weighted by atomic mass is 16.7. The molecule has 0 N–H and O–H groups in total. The van der Waals surface area contributed by atoms with Gasteiger partial charge in [-0.3, -0.25) is 9.48 Å². The first kappa shape index (κ1) is 24.6. The van der Waals surface area contributed by atoms with Gasteiger partial charge in [-0.2, -0.15) is 5.10 Å². The number of amides is 1. The highest BCUT2D eigenvalue weighted by Crippen LogP contribution is 2.36. The number of hydrogen-bond donors (Lipinski definition) is 0. The first-order valence-corrected chi connectivity index (χ1v) is 12.8. The third kappa shape index (κ3) is 5.93. The molecule has 2 aliphatic rings. The van der Waals surface area contributed by atoms with Crippen molar-refractivity contribution in [1.29, 1.82) is 0 Å². The van der Waals surface area contributed by atoms with Crippen molar-refractivity contribution in [3.05, 3.63) is 40.2 Å². The summed E-state index contributed by atoms with van der Waals surface area (Å²) in [7, 11) is 4.15. The first-order valence-electron chi connectivity index (χ1n) is 12.8. The molecule has 0 fully saturated rings. The fraction of sp³-hybridized carbons (Fsp3) is 0.630. The van der Waals surface area contributed by atoms with Gasteiger partial charge >= 0.3 is 0 Å². The van der Waals surface area contributed by atoms with Crippen molar-refractivity contribution < 1.29 is 14.3 Å². The molecule has 0 atom stereocenters. The van der Waals surface area contributed by atoms with Crippen LogP contribution in [0.15, 0.2) is 12.1 Å². The van der Waals surface area contributed by atoms with Crippen LogP contribution in [-0.2, 0) is 31.2 Å². The fourth-order valence-electron chi connectivity index (χ4n) is 5.19. The Morgan fingerprint density at radius 2 is 1.62 bits per heavy atom. The van der Waals surface area contributed by atoms with Crippen molar-refractivity contribution in [3.63, 3.8) is 0 Å². The zero-order valence-electron chi connectivity index (χ0n) is 21.4. The minimum Gasteiger partial charge on any atom is -0.454 e. The van der Waals surface area contributed by atoms with Gasteiger partial charge < -0.3 is 19.3 Å². The molecule has 4 rings (SSSR count). The number of carbonyl (C=O) groups is 1. The summed E-state index contributed by atoms with van der Waals surface area (Å²) < 4.78 is 13.2. The van der Waals surface area contributed by atoms with Crippen molar-refractivity contribution >= 4 is 5.91 Å². The molecule has 0 bridgehead atoms. The normalized spacial score (nSPS) is 17.9. The van der Waals surface area contributed by atoms with Gasteiger partial charge in [-0.05, 0) is 94.8 Å². The molecule has 0 radical (unpaired) electrons. The van der Waals surface area contributed by atoms with E-state index < -0.39 is 0 Å². The number of rotatable bonds is 3. The number of ether oxygens (including phenoxy) is 2. The number of fused-ring (bicyclic) bond motifs is 2. The van der Waals surface area contributed by atoms with Crippen LogP contribution >= 0.6 is 0 Å². The van der Waals surface area contributed by atoms with Crippen LogP contribution in [0.1, 0.15) is 66.6 Å². The SMILES string of the molecule is Cc1nn(C)c(C)c1CCC(=O)N1CCCCCc2cc3c(cc2CN(C)CCCC1)OCO3. The number of benzene rings is 1. The van der Waals surface area contributed by atoms with E-state index in [1.54, 1.807) is 0 Å². The quantitative estimate of drug-likeness (QED) is 0.677. The second-order valence-corrected chi connectivity index (χ2v) is 9.88. The standard InChI is InChI=1S/C27H40N4O3/c1-20-24(21(2)30(4)28-20)11-12-27(32)31-14-7-5-6-10-22-16-25-26(34-19-33-25)17-23(22)18-29(3)13-8-9-15-31/h16-17H,5-15,18-19H2,1-4H3. The van der Waals surface area contributed by atoms with E-state index in [-0.39, 0.29) is 5.91 Å². The number of hydrogen-bond acceptors (Lipinski definition) is 5. The summed E-state index contributed by atoms with van der Waals surface area (Å²) in [6.07, 6.45) is 7.78. The lowest BCUT2D eigenvalue weighted by Gasteiger charge is -2.25. The Balaban J connectivity index is 1.37. The Kier molecular flexibility index (Phi) is 8.14. The maximum atomic E-state index is 13.1. The predicted molar refractivity (Wildman–Crippen MR) is 133 cm³/mol. The Hall–Kier alpha value is -2.54. The molecule has 7 nitrogen and oxygen atoms in total. The van der Waals surface area contributed by atoms with Gasteiger partial charge in [0.05, 0.1) is 5.69 Å². The highest BCUT2D eigenvalue weighted by molar-refractivity contribution is 5.76. The zero-order valence-corrected chi connectivity index (χ0v) is 21.4. The highest BCUT2D eigenvalue weighted by Gasteiger charge is 2.19. The summed E-state index contributed by atoms with van der Waals surface area (Å²) in [6, 6.07) is 4.35. The van der Waals surface area contributed by atoms with Crippen molar-refractivity contribution in [2.75, 3.05) is 33.5 Å². The predicted octanol–water partition coefficient (Wildman–Crippen LogP) is 4.17. The Bertz CT molecular complexity index is 1000. The van der Waals surface area contributed by atoms with Crippen LogP contribution in [0, 0.1) is 13.8 Å². The van der Waals surface area contributed by atoms with Crippen molar-refractivity contribution in [2.24, 2.45) is 7.05 Å². The van der Waals surface area contributed by atoms with Crippen LogP contribution in [0.3, 0.4) is 0 Å². The van der Waals surface area contributed by atoms with Gasteiger partial charge in [0.1, 0.15) is 0 Å².